The molecule has 1 fully saturated rings. The van der Waals surface area contributed by atoms with Gasteiger partial charge in [-0.15, -0.1) is 0 Å². The minimum Gasteiger partial charge on any atom is -0.327 e. The van der Waals surface area contributed by atoms with E-state index in [1.165, 1.54) is 0 Å². The van der Waals surface area contributed by atoms with E-state index in [0.29, 0.717) is 28.2 Å². The first-order valence-electron chi connectivity index (χ1n) is 7.23. The Labute approximate surface area is 135 Å². The van der Waals surface area contributed by atoms with E-state index in [4.69, 9.17) is 28.9 Å². The van der Waals surface area contributed by atoms with E-state index >= 15 is 0 Å². The summed E-state index contributed by atoms with van der Waals surface area (Å²) in [5, 5.41) is 3.69. The van der Waals surface area contributed by atoms with Gasteiger partial charge in [-0.1, -0.05) is 42.6 Å². The molecule has 1 aliphatic rings. The number of para-hydroxylation sites is 1. The highest BCUT2D eigenvalue weighted by molar-refractivity contribution is 6.39. The van der Waals surface area contributed by atoms with E-state index in [1.807, 2.05) is 0 Å². The van der Waals surface area contributed by atoms with Crippen LogP contribution in [0.25, 0.3) is 0 Å². The maximum Gasteiger partial charge on any atom is 0.238 e. The molecule has 1 amide bonds. The Hall–Kier alpha value is -0.810. The Morgan fingerprint density at radius 3 is 2.71 bits per heavy atom. The highest BCUT2D eigenvalue weighted by atomic mass is 35.5. The summed E-state index contributed by atoms with van der Waals surface area (Å²) >= 11 is 12.1. The number of hydrogen-bond donors (Lipinski definition) is 2. The second-order valence-corrected chi connectivity index (χ2v) is 6.32. The molecule has 0 saturated carbocycles. The minimum atomic E-state index is -0.102. The molecule has 1 aromatic rings. The van der Waals surface area contributed by atoms with Crippen LogP contribution in [-0.4, -0.2) is 36.5 Å². The molecule has 6 heteroatoms. The monoisotopic (exact) mass is 329 g/mol. The fourth-order valence-corrected chi connectivity index (χ4v) is 3.19. The zero-order chi connectivity index (χ0) is 15.4. The van der Waals surface area contributed by atoms with Crippen LogP contribution >= 0.6 is 23.2 Å². The Bertz CT molecular complexity index is 489. The van der Waals surface area contributed by atoms with Crippen LogP contribution in [0.15, 0.2) is 18.2 Å². The summed E-state index contributed by atoms with van der Waals surface area (Å²) in [7, 11) is 0. The van der Waals surface area contributed by atoms with Gasteiger partial charge in [-0.05, 0) is 24.5 Å². The topological polar surface area (TPSA) is 58.4 Å². The van der Waals surface area contributed by atoms with Crippen molar-refractivity contribution in [3.63, 3.8) is 0 Å². The molecular formula is C15H21Cl2N3O. The molecule has 0 spiro atoms. The third-order valence-corrected chi connectivity index (χ3v) is 4.63. The van der Waals surface area contributed by atoms with Gasteiger partial charge >= 0.3 is 0 Å². The molecule has 1 heterocycles. The first-order valence-corrected chi connectivity index (χ1v) is 7.98. The first-order chi connectivity index (χ1) is 10.0. The number of carbonyl (C=O) groups is 1. The average molecular weight is 330 g/mol. The summed E-state index contributed by atoms with van der Waals surface area (Å²) in [5.41, 5.74) is 6.56. The van der Waals surface area contributed by atoms with Crippen molar-refractivity contribution in [1.29, 1.82) is 0 Å². The number of nitrogens with zero attached hydrogens (tertiary/aromatic N) is 1. The molecule has 3 N–H and O–H groups in total. The lowest BCUT2D eigenvalue weighted by atomic mass is 9.91. The van der Waals surface area contributed by atoms with E-state index < -0.39 is 0 Å². The lowest BCUT2D eigenvalue weighted by Gasteiger charge is -2.36. The van der Waals surface area contributed by atoms with Crippen molar-refractivity contribution < 1.29 is 4.79 Å². The third-order valence-electron chi connectivity index (χ3n) is 4.00. The highest BCUT2D eigenvalue weighted by Gasteiger charge is 2.26. The Kier molecular flexibility index (Phi) is 5.88. The zero-order valence-electron chi connectivity index (χ0n) is 12.1. The number of rotatable bonds is 4. The molecule has 116 valence electrons. The number of carbonyl (C=O) groups excluding carboxylic acids is 1. The number of halogens is 2. The molecule has 1 aromatic carbocycles. The molecule has 0 bridgehead atoms. The lowest BCUT2D eigenvalue weighted by Crippen LogP contribution is -2.48. The summed E-state index contributed by atoms with van der Waals surface area (Å²) in [4.78, 5) is 14.3. The van der Waals surface area contributed by atoms with Gasteiger partial charge < -0.3 is 11.1 Å². The predicted octanol–water partition coefficient (Wildman–Crippen LogP) is 2.99. The van der Waals surface area contributed by atoms with Crippen molar-refractivity contribution in [1.82, 2.24) is 4.90 Å². The van der Waals surface area contributed by atoms with E-state index in [2.05, 4.69) is 17.1 Å². The normalized spacial score (nSPS) is 23.0. The molecule has 2 unspecified atom stereocenters. The van der Waals surface area contributed by atoms with Crippen LogP contribution in [0.1, 0.15) is 19.8 Å². The van der Waals surface area contributed by atoms with Gasteiger partial charge in [-0.3, -0.25) is 9.69 Å². The smallest absolute Gasteiger partial charge is 0.238 e. The summed E-state index contributed by atoms with van der Waals surface area (Å²) in [5.74, 6) is 0.353. The second kappa shape index (κ2) is 7.45. The van der Waals surface area contributed by atoms with Gasteiger partial charge in [-0.25, -0.2) is 0 Å². The SMILES string of the molecule is CCC1CN(CC(=O)Nc2c(Cl)cccc2Cl)CCC1N. The van der Waals surface area contributed by atoms with Crippen LogP contribution < -0.4 is 11.1 Å². The van der Waals surface area contributed by atoms with Crippen molar-refractivity contribution in [2.75, 3.05) is 25.0 Å². The molecule has 1 saturated heterocycles. The van der Waals surface area contributed by atoms with Crippen molar-refractivity contribution in [2.24, 2.45) is 11.7 Å². The lowest BCUT2D eigenvalue weighted by molar-refractivity contribution is -0.117. The minimum absolute atomic E-state index is 0.102. The van der Waals surface area contributed by atoms with Gasteiger partial charge in [-0.2, -0.15) is 0 Å². The highest BCUT2D eigenvalue weighted by Crippen LogP contribution is 2.29. The zero-order valence-corrected chi connectivity index (χ0v) is 13.6. The number of amides is 1. The van der Waals surface area contributed by atoms with Gasteiger partial charge in [0.05, 0.1) is 22.3 Å². The van der Waals surface area contributed by atoms with Gasteiger partial charge in [0.25, 0.3) is 0 Å². The van der Waals surface area contributed by atoms with Gasteiger partial charge in [0.2, 0.25) is 5.91 Å². The first kappa shape index (κ1) is 16.6. The Morgan fingerprint density at radius 1 is 1.43 bits per heavy atom. The fourth-order valence-electron chi connectivity index (χ4n) is 2.70. The number of piperidine rings is 1. The number of hydrogen-bond acceptors (Lipinski definition) is 3. The van der Waals surface area contributed by atoms with Crippen LogP contribution in [0, 0.1) is 5.92 Å². The van der Waals surface area contributed by atoms with E-state index in [-0.39, 0.29) is 11.9 Å². The summed E-state index contributed by atoms with van der Waals surface area (Å²) in [6.07, 6.45) is 1.97. The standard InChI is InChI=1S/C15H21Cl2N3O/c1-2-10-8-20(7-6-13(10)18)9-14(21)19-15-11(16)4-3-5-12(15)17/h3-5,10,13H,2,6-9,18H2,1H3,(H,19,21). The summed E-state index contributed by atoms with van der Waals surface area (Å²) in [6, 6.07) is 5.40. The van der Waals surface area contributed by atoms with Gasteiger partial charge in [0.1, 0.15) is 0 Å². The van der Waals surface area contributed by atoms with Crippen LogP contribution in [0.2, 0.25) is 10.0 Å². The summed E-state index contributed by atoms with van der Waals surface area (Å²) in [6.45, 7) is 4.19. The summed E-state index contributed by atoms with van der Waals surface area (Å²) < 4.78 is 0. The van der Waals surface area contributed by atoms with Crippen LogP contribution in [0.5, 0.6) is 0 Å². The Morgan fingerprint density at radius 2 is 2.10 bits per heavy atom. The number of benzene rings is 1. The van der Waals surface area contributed by atoms with E-state index in [9.17, 15) is 4.79 Å². The molecule has 2 rings (SSSR count). The molecule has 1 aliphatic heterocycles. The number of nitrogens with two attached hydrogens (primary N) is 1. The van der Waals surface area contributed by atoms with Crippen molar-refractivity contribution in [3.05, 3.63) is 28.2 Å². The molecule has 4 nitrogen and oxygen atoms in total. The van der Waals surface area contributed by atoms with Crippen molar-refractivity contribution in [3.8, 4) is 0 Å². The molecule has 21 heavy (non-hydrogen) atoms. The Balaban J connectivity index is 1.93. The van der Waals surface area contributed by atoms with E-state index in [1.54, 1.807) is 18.2 Å². The number of nitrogens with one attached hydrogen (secondary N) is 1. The molecule has 0 radical (unpaired) electrons. The second-order valence-electron chi connectivity index (χ2n) is 5.50. The maximum atomic E-state index is 12.2. The van der Waals surface area contributed by atoms with Crippen LogP contribution in [0.3, 0.4) is 0 Å². The van der Waals surface area contributed by atoms with Crippen LogP contribution in [-0.2, 0) is 4.79 Å². The van der Waals surface area contributed by atoms with E-state index in [0.717, 1.165) is 25.9 Å². The van der Waals surface area contributed by atoms with Gasteiger partial charge in [0, 0.05) is 19.1 Å². The molecular weight excluding hydrogens is 309 g/mol. The third kappa shape index (κ3) is 4.33. The predicted molar refractivity (Wildman–Crippen MR) is 87.9 cm³/mol. The quantitative estimate of drug-likeness (QED) is 0.892. The maximum absolute atomic E-state index is 12.2. The molecule has 0 aliphatic carbocycles. The van der Waals surface area contributed by atoms with Crippen molar-refractivity contribution >= 4 is 34.8 Å². The van der Waals surface area contributed by atoms with Crippen LogP contribution in [0.4, 0.5) is 5.69 Å². The molecule has 0 aromatic heterocycles. The van der Waals surface area contributed by atoms with Crippen molar-refractivity contribution in [2.45, 2.75) is 25.8 Å². The fraction of sp³-hybridized carbons (Fsp3) is 0.533. The molecule has 2 atom stereocenters. The number of anilines is 1. The number of likely N-dealkylation sites (tertiary alicyclic amines) is 1. The average Bonchev–Trinajstić information content (AvgIpc) is 2.45. The van der Waals surface area contributed by atoms with Gasteiger partial charge in [0.15, 0.2) is 0 Å². The largest absolute Gasteiger partial charge is 0.327 e.